The molecule has 3 aromatic rings. The van der Waals surface area contributed by atoms with E-state index in [0.717, 1.165) is 34.6 Å². The van der Waals surface area contributed by atoms with E-state index in [1.165, 1.54) is 4.88 Å². The molecule has 3 N–H and O–H groups in total. The Labute approximate surface area is 127 Å². The van der Waals surface area contributed by atoms with Crippen molar-refractivity contribution < 1.29 is 4.42 Å². The fraction of sp³-hybridized carbons (Fsp3) is 0.333. The van der Waals surface area contributed by atoms with Gasteiger partial charge in [0, 0.05) is 17.3 Å². The maximum Gasteiger partial charge on any atom is 0.223 e. The maximum atomic E-state index is 5.79. The molecule has 0 saturated carbocycles. The quantitative estimate of drug-likeness (QED) is 0.753. The molecule has 0 fully saturated rings. The number of rotatable bonds is 5. The van der Waals surface area contributed by atoms with E-state index in [-0.39, 0.29) is 6.04 Å². The number of hydrogen-bond acceptors (Lipinski definition) is 6. The van der Waals surface area contributed by atoms with Crippen molar-refractivity contribution in [2.75, 3.05) is 11.1 Å². The van der Waals surface area contributed by atoms with Gasteiger partial charge in [-0.25, -0.2) is 4.98 Å². The topological polar surface area (TPSA) is 77.0 Å². The molecule has 0 aliphatic heterocycles. The molecule has 3 aromatic heterocycles. The average molecular weight is 302 g/mol. The Kier molecular flexibility index (Phi) is 3.79. The molecule has 6 heteroatoms. The molecule has 1 unspecified atom stereocenters. The highest BCUT2D eigenvalue weighted by Crippen LogP contribution is 2.29. The fourth-order valence-electron chi connectivity index (χ4n) is 2.29. The summed E-state index contributed by atoms with van der Waals surface area (Å²) < 4.78 is 5.36. The predicted molar refractivity (Wildman–Crippen MR) is 86.7 cm³/mol. The van der Waals surface area contributed by atoms with Gasteiger partial charge in [-0.1, -0.05) is 0 Å². The Morgan fingerprint density at radius 2 is 2.29 bits per heavy atom. The summed E-state index contributed by atoms with van der Waals surface area (Å²) in [7, 11) is 0. The van der Waals surface area contributed by atoms with Crippen LogP contribution < -0.4 is 11.1 Å². The zero-order valence-corrected chi connectivity index (χ0v) is 12.9. The zero-order valence-electron chi connectivity index (χ0n) is 12.1. The summed E-state index contributed by atoms with van der Waals surface area (Å²) in [5.41, 5.74) is 5.79. The summed E-state index contributed by atoms with van der Waals surface area (Å²) in [5, 5.41) is 4.47. The smallest absolute Gasteiger partial charge is 0.223 e. The Balaban J connectivity index is 1.74. The van der Waals surface area contributed by atoms with Crippen LogP contribution in [0.5, 0.6) is 0 Å². The minimum absolute atomic E-state index is 0.271. The first-order valence-corrected chi connectivity index (χ1v) is 7.76. The zero-order chi connectivity index (χ0) is 14.8. The molecular weight excluding hydrogens is 284 g/mol. The lowest BCUT2D eigenvalue weighted by molar-refractivity contribution is 0.495. The SMILES string of the molecule is Cc1cc2c(NC(C)CCc3ccco3)nc(N)nc2s1. The second kappa shape index (κ2) is 5.73. The standard InChI is InChI=1S/C15H18N4OS/c1-9(5-6-11-4-3-7-20-11)17-13-12-8-10(2)21-14(12)19-15(16)18-13/h3-4,7-9H,5-6H2,1-2H3,(H3,16,17,18,19). The number of hydrogen-bond donors (Lipinski definition) is 2. The number of nitrogen functional groups attached to an aromatic ring is 1. The first kappa shape index (κ1) is 13.9. The van der Waals surface area contributed by atoms with Gasteiger partial charge in [0.25, 0.3) is 0 Å². The van der Waals surface area contributed by atoms with Crippen LogP contribution >= 0.6 is 11.3 Å². The van der Waals surface area contributed by atoms with E-state index < -0.39 is 0 Å². The summed E-state index contributed by atoms with van der Waals surface area (Å²) in [6.07, 6.45) is 3.56. The molecule has 0 bridgehead atoms. The summed E-state index contributed by atoms with van der Waals surface area (Å²) in [6.45, 7) is 4.19. The van der Waals surface area contributed by atoms with Crippen LogP contribution in [-0.2, 0) is 6.42 Å². The van der Waals surface area contributed by atoms with E-state index >= 15 is 0 Å². The number of aromatic nitrogens is 2. The van der Waals surface area contributed by atoms with Gasteiger partial charge in [0.2, 0.25) is 5.95 Å². The maximum absolute atomic E-state index is 5.79. The van der Waals surface area contributed by atoms with Crippen LogP contribution in [0.2, 0.25) is 0 Å². The highest BCUT2D eigenvalue weighted by molar-refractivity contribution is 7.18. The third kappa shape index (κ3) is 3.16. The lowest BCUT2D eigenvalue weighted by atomic mass is 10.1. The molecule has 0 aliphatic carbocycles. The van der Waals surface area contributed by atoms with Crippen molar-refractivity contribution in [2.24, 2.45) is 0 Å². The van der Waals surface area contributed by atoms with Crippen LogP contribution in [0.25, 0.3) is 10.2 Å². The largest absolute Gasteiger partial charge is 0.469 e. The third-order valence-corrected chi connectivity index (χ3v) is 4.26. The molecule has 0 aromatic carbocycles. The molecule has 21 heavy (non-hydrogen) atoms. The lowest BCUT2D eigenvalue weighted by Crippen LogP contribution is -2.17. The van der Waals surface area contributed by atoms with Gasteiger partial charge < -0.3 is 15.5 Å². The van der Waals surface area contributed by atoms with Crippen molar-refractivity contribution >= 4 is 33.3 Å². The number of furan rings is 1. The summed E-state index contributed by atoms with van der Waals surface area (Å²) in [5.74, 6) is 2.13. The van der Waals surface area contributed by atoms with E-state index in [1.54, 1.807) is 17.6 Å². The molecule has 1 atom stereocenters. The van der Waals surface area contributed by atoms with Gasteiger partial charge in [-0.3, -0.25) is 0 Å². The molecule has 0 spiro atoms. The molecule has 0 amide bonds. The number of nitrogens with two attached hydrogens (primary N) is 1. The van der Waals surface area contributed by atoms with Gasteiger partial charge in [-0.05, 0) is 38.5 Å². The highest BCUT2D eigenvalue weighted by Gasteiger charge is 2.12. The molecule has 0 saturated heterocycles. The average Bonchev–Trinajstić information content (AvgIpc) is 3.04. The number of thiophene rings is 1. The van der Waals surface area contributed by atoms with Crippen LogP contribution in [-0.4, -0.2) is 16.0 Å². The van der Waals surface area contributed by atoms with E-state index in [9.17, 15) is 0 Å². The minimum atomic E-state index is 0.271. The van der Waals surface area contributed by atoms with Crippen LogP contribution in [0.4, 0.5) is 11.8 Å². The minimum Gasteiger partial charge on any atom is -0.469 e. The van der Waals surface area contributed by atoms with Crippen molar-refractivity contribution in [2.45, 2.75) is 32.7 Å². The third-order valence-electron chi connectivity index (χ3n) is 3.32. The van der Waals surface area contributed by atoms with Gasteiger partial charge in [0.05, 0.1) is 11.6 Å². The number of nitrogens with one attached hydrogen (secondary N) is 1. The number of nitrogens with zero attached hydrogens (tertiary/aromatic N) is 2. The van der Waals surface area contributed by atoms with Gasteiger partial charge in [0.1, 0.15) is 16.4 Å². The van der Waals surface area contributed by atoms with Gasteiger partial charge in [0.15, 0.2) is 0 Å². The van der Waals surface area contributed by atoms with E-state index in [0.29, 0.717) is 5.95 Å². The Morgan fingerprint density at radius 3 is 3.05 bits per heavy atom. The van der Waals surface area contributed by atoms with E-state index in [4.69, 9.17) is 10.2 Å². The fourth-order valence-corrected chi connectivity index (χ4v) is 3.17. The van der Waals surface area contributed by atoms with Crippen molar-refractivity contribution in [3.8, 4) is 0 Å². The summed E-state index contributed by atoms with van der Waals surface area (Å²) in [6, 6.07) is 6.28. The Morgan fingerprint density at radius 1 is 1.43 bits per heavy atom. The predicted octanol–water partition coefficient (Wildman–Crippen LogP) is 3.61. The second-order valence-corrected chi connectivity index (χ2v) is 6.40. The molecular formula is C15H18N4OS. The van der Waals surface area contributed by atoms with Gasteiger partial charge in [-0.15, -0.1) is 11.3 Å². The monoisotopic (exact) mass is 302 g/mol. The molecule has 110 valence electrons. The normalized spacial score (nSPS) is 12.7. The molecule has 5 nitrogen and oxygen atoms in total. The van der Waals surface area contributed by atoms with E-state index in [2.05, 4.69) is 35.2 Å². The first-order valence-electron chi connectivity index (χ1n) is 6.94. The number of fused-ring (bicyclic) bond motifs is 1. The van der Waals surface area contributed by atoms with Crippen LogP contribution in [0.3, 0.4) is 0 Å². The number of aryl methyl sites for hydroxylation is 2. The summed E-state index contributed by atoms with van der Waals surface area (Å²) >= 11 is 1.63. The van der Waals surface area contributed by atoms with Crippen LogP contribution in [0, 0.1) is 6.92 Å². The van der Waals surface area contributed by atoms with Gasteiger partial charge in [-0.2, -0.15) is 4.98 Å². The first-order chi connectivity index (χ1) is 10.1. The van der Waals surface area contributed by atoms with Crippen molar-refractivity contribution in [1.82, 2.24) is 9.97 Å². The van der Waals surface area contributed by atoms with Crippen LogP contribution in [0.1, 0.15) is 24.0 Å². The van der Waals surface area contributed by atoms with Crippen molar-refractivity contribution in [3.05, 3.63) is 35.1 Å². The number of anilines is 2. The summed E-state index contributed by atoms with van der Waals surface area (Å²) in [4.78, 5) is 10.8. The Hall–Kier alpha value is -2.08. The highest BCUT2D eigenvalue weighted by atomic mass is 32.1. The van der Waals surface area contributed by atoms with Gasteiger partial charge >= 0.3 is 0 Å². The second-order valence-electron chi connectivity index (χ2n) is 5.17. The van der Waals surface area contributed by atoms with Crippen molar-refractivity contribution in [3.63, 3.8) is 0 Å². The molecule has 3 rings (SSSR count). The molecule has 0 aliphatic rings. The molecule has 3 heterocycles. The van der Waals surface area contributed by atoms with Crippen molar-refractivity contribution in [1.29, 1.82) is 0 Å². The van der Waals surface area contributed by atoms with E-state index in [1.807, 2.05) is 12.1 Å². The molecule has 0 radical (unpaired) electrons. The lowest BCUT2D eigenvalue weighted by Gasteiger charge is -2.14. The Bertz CT molecular complexity index is 736. The van der Waals surface area contributed by atoms with Crippen LogP contribution in [0.15, 0.2) is 28.9 Å².